The second-order valence-corrected chi connectivity index (χ2v) is 7.58. The molecule has 0 aromatic heterocycles. The summed E-state index contributed by atoms with van der Waals surface area (Å²) < 4.78 is 10.6. The maximum Gasteiger partial charge on any atom is 0.240 e. The third-order valence-corrected chi connectivity index (χ3v) is 5.54. The highest BCUT2D eigenvalue weighted by Gasteiger charge is 2.33. The van der Waals surface area contributed by atoms with Gasteiger partial charge in [0.1, 0.15) is 0 Å². The summed E-state index contributed by atoms with van der Waals surface area (Å²) in [5.74, 6) is 1.50. The van der Waals surface area contributed by atoms with Gasteiger partial charge in [-0.1, -0.05) is 18.2 Å². The Morgan fingerprint density at radius 3 is 2.60 bits per heavy atom. The van der Waals surface area contributed by atoms with Crippen molar-refractivity contribution in [3.63, 3.8) is 0 Å². The van der Waals surface area contributed by atoms with Crippen molar-refractivity contribution in [3.8, 4) is 11.5 Å². The van der Waals surface area contributed by atoms with Crippen molar-refractivity contribution in [2.24, 2.45) is 0 Å². The predicted octanol–water partition coefficient (Wildman–Crippen LogP) is 4.16. The third-order valence-electron chi connectivity index (χ3n) is 4.46. The SMILES string of the molecule is COc1ccc(S[C@@H](C)C(=O)N2c3ccccc3C[C@@H]2C)cc1OC. The molecule has 0 spiro atoms. The molecule has 0 radical (unpaired) electrons. The number of rotatable bonds is 5. The molecule has 2 aromatic rings. The standard InChI is InChI=1S/C20H23NO3S/c1-13-11-15-7-5-6-8-17(15)21(13)20(22)14(2)25-16-9-10-18(23-3)19(12-16)24-4/h5-10,12-14H,11H2,1-4H3/t13-,14-/m0/s1. The van der Waals surface area contributed by atoms with E-state index in [1.54, 1.807) is 14.2 Å². The van der Waals surface area contributed by atoms with Crippen molar-refractivity contribution in [2.45, 2.75) is 36.5 Å². The number of ether oxygens (including phenoxy) is 2. The van der Waals surface area contributed by atoms with Gasteiger partial charge in [0.05, 0.1) is 19.5 Å². The van der Waals surface area contributed by atoms with E-state index in [-0.39, 0.29) is 17.2 Å². The van der Waals surface area contributed by atoms with Crippen LogP contribution >= 0.6 is 11.8 Å². The predicted molar refractivity (Wildman–Crippen MR) is 102 cm³/mol. The van der Waals surface area contributed by atoms with Crippen molar-refractivity contribution >= 4 is 23.4 Å². The minimum absolute atomic E-state index is 0.136. The molecule has 4 nitrogen and oxygen atoms in total. The van der Waals surface area contributed by atoms with Crippen LogP contribution in [0.1, 0.15) is 19.4 Å². The first-order valence-corrected chi connectivity index (χ1v) is 9.22. The maximum absolute atomic E-state index is 13.0. The van der Waals surface area contributed by atoms with Gasteiger partial charge in [0, 0.05) is 16.6 Å². The summed E-state index contributed by atoms with van der Waals surface area (Å²) in [6.07, 6.45) is 0.912. The number of carbonyl (C=O) groups excluding carboxylic acids is 1. The van der Waals surface area contributed by atoms with Crippen molar-refractivity contribution in [3.05, 3.63) is 48.0 Å². The van der Waals surface area contributed by atoms with E-state index < -0.39 is 0 Å². The summed E-state index contributed by atoms with van der Waals surface area (Å²) >= 11 is 1.54. The Labute approximate surface area is 153 Å². The van der Waals surface area contributed by atoms with E-state index in [2.05, 4.69) is 13.0 Å². The maximum atomic E-state index is 13.0. The lowest BCUT2D eigenvalue weighted by Crippen LogP contribution is -2.40. The summed E-state index contributed by atoms with van der Waals surface area (Å²) in [7, 11) is 3.23. The number of thioether (sulfide) groups is 1. The highest BCUT2D eigenvalue weighted by molar-refractivity contribution is 8.00. The molecule has 5 heteroatoms. The van der Waals surface area contributed by atoms with Crippen LogP contribution in [0.5, 0.6) is 11.5 Å². The molecule has 0 unspecified atom stereocenters. The molecule has 0 saturated heterocycles. The molecule has 0 saturated carbocycles. The Bertz CT molecular complexity index is 777. The summed E-state index contributed by atoms with van der Waals surface area (Å²) in [6, 6.07) is 14.1. The van der Waals surface area contributed by atoms with Crippen molar-refractivity contribution < 1.29 is 14.3 Å². The Morgan fingerprint density at radius 1 is 1.16 bits per heavy atom. The van der Waals surface area contributed by atoms with Crippen LogP contribution in [0, 0.1) is 0 Å². The van der Waals surface area contributed by atoms with Crippen LogP contribution in [0.25, 0.3) is 0 Å². The van der Waals surface area contributed by atoms with E-state index in [4.69, 9.17) is 9.47 Å². The molecule has 3 rings (SSSR count). The van der Waals surface area contributed by atoms with E-state index in [1.165, 1.54) is 17.3 Å². The monoisotopic (exact) mass is 357 g/mol. The highest BCUT2D eigenvalue weighted by Crippen LogP contribution is 2.37. The average Bonchev–Trinajstić information content (AvgIpc) is 2.96. The first-order valence-electron chi connectivity index (χ1n) is 8.34. The Balaban J connectivity index is 1.77. The number of methoxy groups -OCH3 is 2. The van der Waals surface area contributed by atoms with Crippen LogP contribution in [0.2, 0.25) is 0 Å². The number of hydrogen-bond donors (Lipinski definition) is 0. The number of amides is 1. The fraction of sp³-hybridized carbons (Fsp3) is 0.350. The van der Waals surface area contributed by atoms with E-state index in [9.17, 15) is 4.79 Å². The largest absolute Gasteiger partial charge is 0.493 e. The smallest absolute Gasteiger partial charge is 0.240 e. The molecule has 1 aliphatic rings. The molecule has 0 fully saturated rings. The third kappa shape index (κ3) is 3.47. The van der Waals surface area contributed by atoms with Crippen molar-refractivity contribution in [1.29, 1.82) is 0 Å². The van der Waals surface area contributed by atoms with E-state index in [1.807, 2.05) is 48.2 Å². The Morgan fingerprint density at radius 2 is 1.88 bits per heavy atom. The van der Waals surface area contributed by atoms with Gasteiger partial charge < -0.3 is 14.4 Å². The number of hydrogen-bond acceptors (Lipinski definition) is 4. The van der Waals surface area contributed by atoms with Crippen molar-refractivity contribution in [2.75, 3.05) is 19.1 Å². The molecule has 25 heavy (non-hydrogen) atoms. The first kappa shape index (κ1) is 17.7. The summed E-state index contributed by atoms with van der Waals surface area (Å²) in [4.78, 5) is 16.0. The van der Waals surface area contributed by atoms with Crippen LogP contribution in [0.15, 0.2) is 47.4 Å². The fourth-order valence-corrected chi connectivity index (χ4v) is 4.19. The van der Waals surface area contributed by atoms with E-state index in [0.29, 0.717) is 11.5 Å². The quantitative estimate of drug-likeness (QED) is 0.753. The van der Waals surface area contributed by atoms with Gasteiger partial charge in [-0.3, -0.25) is 4.79 Å². The van der Waals surface area contributed by atoms with E-state index in [0.717, 1.165) is 17.0 Å². The zero-order valence-corrected chi connectivity index (χ0v) is 15.8. The normalized spacial score (nSPS) is 17.1. The number of carbonyl (C=O) groups is 1. The second-order valence-electron chi connectivity index (χ2n) is 6.17. The fourth-order valence-electron chi connectivity index (χ4n) is 3.24. The zero-order valence-electron chi connectivity index (χ0n) is 15.0. The molecule has 132 valence electrons. The van der Waals surface area contributed by atoms with Crippen LogP contribution in [0.4, 0.5) is 5.69 Å². The average molecular weight is 357 g/mol. The van der Waals surface area contributed by atoms with Gasteiger partial charge in [-0.05, 0) is 50.1 Å². The highest BCUT2D eigenvalue weighted by atomic mass is 32.2. The number of nitrogens with zero attached hydrogens (tertiary/aromatic N) is 1. The molecule has 1 heterocycles. The molecular weight excluding hydrogens is 334 g/mol. The van der Waals surface area contributed by atoms with Gasteiger partial charge in [-0.2, -0.15) is 0 Å². The van der Waals surface area contributed by atoms with Gasteiger partial charge >= 0.3 is 0 Å². The molecule has 1 aliphatic heterocycles. The summed E-state index contributed by atoms with van der Waals surface area (Å²) in [6.45, 7) is 4.06. The number of para-hydroxylation sites is 1. The molecule has 0 N–H and O–H groups in total. The second kappa shape index (κ2) is 7.40. The van der Waals surface area contributed by atoms with E-state index >= 15 is 0 Å². The minimum atomic E-state index is -0.188. The van der Waals surface area contributed by atoms with Gasteiger partial charge in [-0.15, -0.1) is 11.8 Å². The molecule has 0 bridgehead atoms. The lowest BCUT2D eigenvalue weighted by atomic mass is 10.1. The molecule has 2 atom stereocenters. The molecule has 0 aliphatic carbocycles. The lowest BCUT2D eigenvalue weighted by Gasteiger charge is -2.26. The van der Waals surface area contributed by atoms with Gasteiger partial charge in [-0.25, -0.2) is 0 Å². The van der Waals surface area contributed by atoms with Crippen LogP contribution < -0.4 is 14.4 Å². The Hall–Kier alpha value is -2.14. The Kier molecular flexibility index (Phi) is 5.23. The summed E-state index contributed by atoms with van der Waals surface area (Å²) in [5, 5.41) is -0.188. The lowest BCUT2D eigenvalue weighted by molar-refractivity contribution is -0.118. The van der Waals surface area contributed by atoms with Crippen LogP contribution in [-0.2, 0) is 11.2 Å². The number of benzene rings is 2. The molecule has 2 aromatic carbocycles. The van der Waals surface area contributed by atoms with Crippen molar-refractivity contribution in [1.82, 2.24) is 0 Å². The zero-order chi connectivity index (χ0) is 18.0. The molecular formula is C20H23NO3S. The number of fused-ring (bicyclic) bond motifs is 1. The van der Waals surface area contributed by atoms with Crippen LogP contribution in [0.3, 0.4) is 0 Å². The summed E-state index contributed by atoms with van der Waals surface area (Å²) in [5.41, 5.74) is 2.28. The van der Waals surface area contributed by atoms with Gasteiger partial charge in [0.2, 0.25) is 5.91 Å². The molecule has 1 amide bonds. The van der Waals surface area contributed by atoms with Gasteiger partial charge in [0.15, 0.2) is 11.5 Å². The number of anilines is 1. The first-order chi connectivity index (χ1) is 12.0. The minimum Gasteiger partial charge on any atom is -0.493 e. The topological polar surface area (TPSA) is 38.8 Å². The van der Waals surface area contributed by atoms with Crippen LogP contribution in [-0.4, -0.2) is 31.4 Å². The van der Waals surface area contributed by atoms with Gasteiger partial charge in [0.25, 0.3) is 0 Å².